The number of hydrogen-bond donors (Lipinski definition) is 1. The van der Waals surface area contributed by atoms with Crippen LogP contribution < -0.4 is 5.73 Å². The molecule has 2 aliphatic carbocycles. The maximum absolute atomic E-state index is 5.73. The molecule has 1 nitrogen and oxygen atoms in total. The van der Waals surface area contributed by atoms with Gasteiger partial charge in [0.1, 0.15) is 0 Å². The van der Waals surface area contributed by atoms with Crippen LogP contribution in [0.25, 0.3) is 0 Å². The van der Waals surface area contributed by atoms with Gasteiger partial charge in [-0.15, -0.1) is 0 Å². The SMILES string of the molecule is CC12C=CC=CC1=CC(N)=CC2. The van der Waals surface area contributed by atoms with Crippen LogP contribution in [0.4, 0.5) is 0 Å². The summed E-state index contributed by atoms with van der Waals surface area (Å²) in [6.07, 6.45) is 13.7. The fourth-order valence-corrected chi connectivity index (χ4v) is 1.68. The van der Waals surface area contributed by atoms with Crippen molar-refractivity contribution >= 4 is 0 Å². The minimum absolute atomic E-state index is 0.192. The van der Waals surface area contributed by atoms with Crippen LogP contribution in [0.1, 0.15) is 13.3 Å². The molecule has 2 rings (SSSR count). The Bertz CT molecular complexity index is 318. The molecule has 0 radical (unpaired) electrons. The molecule has 0 aromatic heterocycles. The van der Waals surface area contributed by atoms with E-state index in [1.807, 2.05) is 0 Å². The molecule has 0 spiro atoms. The molecule has 2 aliphatic rings. The van der Waals surface area contributed by atoms with E-state index in [-0.39, 0.29) is 5.41 Å². The van der Waals surface area contributed by atoms with Gasteiger partial charge in [0.2, 0.25) is 0 Å². The molecule has 0 aromatic carbocycles. The van der Waals surface area contributed by atoms with Crippen molar-refractivity contribution in [1.82, 2.24) is 0 Å². The van der Waals surface area contributed by atoms with Crippen molar-refractivity contribution in [3.05, 3.63) is 47.7 Å². The molecule has 0 aromatic rings. The van der Waals surface area contributed by atoms with E-state index < -0.39 is 0 Å². The smallest absolute Gasteiger partial charge is 0.0276 e. The lowest BCUT2D eigenvalue weighted by atomic mass is 9.74. The Kier molecular flexibility index (Phi) is 1.47. The first kappa shape index (κ1) is 7.41. The number of hydrogen-bond acceptors (Lipinski definition) is 1. The van der Waals surface area contributed by atoms with Crippen LogP contribution in [0.5, 0.6) is 0 Å². The molecular weight excluding hydrogens is 146 g/mol. The largest absolute Gasteiger partial charge is 0.399 e. The van der Waals surface area contributed by atoms with E-state index in [1.54, 1.807) is 0 Å². The summed E-state index contributed by atoms with van der Waals surface area (Å²) in [5, 5.41) is 0. The third-order valence-corrected chi connectivity index (χ3v) is 2.59. The van der Waals surface area contributed by atoms with Gasteiger partial charge < -0.3 is 5.73 Å². The molecule has 12 heavy (non-hydrogen) atoms. The predicted octanol–water partition coefficient (Wildman–Crippen LogP) is 2.29. The second-order valence-corrected chi connectivity index (χ2v) is 3.64. The molecule has 62 valence electrons. The van der Waals surface area contributed by atoms with Crippen molar-refractivity contribution in [3.63, 3.8) is 0 Å². The number of nitrogens with two attached hydrogens (primary N) is 1. The second kappa shape index (κ2) is 2.37. The first-order valence-corrected chi connectivity index (χ1v) is 4.24. The highest BCUT2D eigenvalue weighted by atomic mass is 14.6. The van der Waals surface area contributed by atoms with Crippen LogP contribution in [0.15, 0.2) is 47.7 Å². The van der Waals surface area contributed by atoms with E-state index in [0.29, 0.717) is 0 Å². The van der Waals surface area contributed by atoms with Crippen molar-refractivity contribution in [2.24, 2.45) is 11.1 Å². The summed E-state index contributed by atoms with van der Waals surface area (Å²) in [5.41, 5.74) is 8.13. The molecule has 0 fully saturated rings. The quantitative estimate of drug-likeness (QED) is 0.576. The summed E-state index contributed by atoms with van der Waals surface area (Å²) in [4.78, 5) is 0. The maximum atomic E-state index is 5.73. The van der Waals surface area contributed by atoms with Crippen molar-refractivity contribution in [3.8, 4) is 0 Å². The number of rotatable bonds is 0. The molecular formula is C11H13N. The van der Waals surface area contributed by atoms with Gasteiger partial charge in [0.05, 0.1) is 0 Å². The van der Waals surface area contributed by atoms with Crippen LogP contribution >= 0.6 is 0 Å². The van der Waals surface area contributed by atoms with Gasteiger partial charge in [0.15, 0.2) is 0 Å². The lowest BCUT2D eigenvalue weighted by Crippen LogP contribution is -2.20. The van der Waals surface area contributed by atoms with E-state index in [4.69, 9.17) is 5.73 Å². The van der Waals surface area contributed by atoms with Gasteiger partial charge >= 0.3 is 0 Å². The summed E-state index contributed by atoms with van der Waals surface area (Å²) in [7, 11) is 0. The molecule has 1 unspecified atom stereocenters. The lowest BCUT2D eigenvalue weighted by molar-refractivity contribution is 0.523. The highest BCUT2D eigenvalue weighted by Gasteiger charge is 2.26. The van der Waals surface area contributed by atoms with Crippen molar-refractivity contribution in [2.45, 2.75) is 13.3 Å². The van der Waals surface area contributed by atoms with E-state index in [0.717, 1.165) is 12.1 Å². The molecule has 0 saturated heterocycles. The van der Waals surface area contributed by atoms with Gasteiger partial charge in [-0.2, -0.15) is 0 Å². The van der Waals surface area contributed by atoms with Crippen molar-refractivity contribution in [1.29, 1.82) is 0 Å². The van der Waals surface area contributed by atoms with Gasteiger partial charge in [0, 0.05) is 11.1 Å². The Morgan fingerprint density at radius 3 is 3.08 bits per heavy atom. The third-order valence-electron chi connectivity index (χ3n) is 2.59. The van der Waals surface area contributed by atoms with E-state index in [2.05, 4.69) is 43.4 Å². The number of allylic oxidation sites excluding steroid dienone is 7. The van der Waals surface area contributed by atoms with Crippen LogP contribution in [0, 0.1) is 5.41 Å². The molecule has 1 heteroatoms. The molecule has 2 N–H and O–H groups in total. The molecule has 0 aliphatic heterocycles. The molecule has 0 saturated carbocycles. The topological polar surface area (TPSA) is 26.0 Å². The van der Waals surface area contributed by atoms with E-state index in [9.17, 15) is 0 Å². The van der Waals surface area contributed by atoms with Gasteiger partial charge in [0.25, 0.3) is 0 Å². The lowest BCUT2D eigenvalue weighted by Gasteiger charge is -2.31. The van der Waals surface area contributed by atoms with Gasteiger partial charge in [-0.1, -0.05) is 37.3 Å². The normalized spacial score (nSPS) is 32.4. The van der Waals surface area contributed by atoms with Crippen LogP contribution in [-0.2, 0) is 0 Å². The fourth-order valence-electron chi connectivity index (χ4n) is 1.68. The molecule has 0 amide bonds. The van der Waals surface area contributed by atoms with Gasteiger partial charge in [-0.25, -0.2) is 0 Å². The van der Waals surface area contributed by atoms with Gasteiger partial charge in [-0.05, 0) is 18.1 Å². The van der Waals surface area contributed by atoms with Crippen molar-refractivity contribution < 1.29 is 0 Å². The summed E-state index contributed by atoms with van der Waals surface area (Å²) >= 11 is 0. The summed E-state index contributed by atoms with van der Waals surface area (Å²) in [6.45, 7) is 2.24. The standard InChI is InChI=1S/C11H13N/c1-11-6-3-2-4-9(11)8-10(12)5-7-11/h2-6,8H,7,12H2,1H3. The highest BCUT2D eigenvalue weighted by molar-refractivity contribution is 5.44. The first-order chi connectivity index (χ1) is 5.71. The minimum Gasteiger partial charge on any atom is -0.399 e. The summed E-state index contributed by atoms with van der Waals surface area (Å²) < 4.78 is 0. The zero-order valence-corrected chi connectivity index (χ0v) is 7.25. The zero-order chi connectivity index (χ0) is 8.60. The van der Waals surface area contributed by atoms with Crippen LogP contribution in [0.3, 0.4) is 0 Å². The zero-order valence-electron chi connectivity index (χ0n) is 7.25. The Morgan fingerprint density at radius 2 is 2.25 bits per heavy atom. The molecule has 0 bridgehead atoms. The summed E-state index contributed by atoms with van der Waals surface area (Å²) in [6, 6.07) is 0. The summed E-state index contributed by atoms with van der Waals surface area (Å²) in [5.74, 6) is 0. The van der Waals surface area contributed by atoms with E-state index >= 15 is 0 Å². The van der Waals surface area contributed by atoms with E-state index in [1.165, 1.54) is 5.57 Å². The number of fused-ring (bicyclic) bond motifs is 1. The first-order valence-electron chi connectivity index (χ1n) is 4.24. The Balaban J connectivity index is 2.44. The Hall–Kier alpha value is -1.24. The second-order valence-electron chi connectivity index (χ2n) is 3.64. The minimum atomic E-state index is 0.192. The Labute approximate surface area is 73.0 Å². The highest BCUT2D eigenvalue weighted by Crippen LogP contribution is 2.39. The van der Waals surface area contributed by atoms with Crippen LogP contribution in [-0.4, -0.2) is 0 Å². The molecule has 1 atom stereocenters. The maximum Gasteiger partial charge on any atom is 0.0276 e. The fraction of sp³-hybridized carbons (Fsp3) is 0.273. The third kappa shape index (κ3) is 1.02. The van der Waals surface area contributed by atoms with Crippen molar-refractivity contribution in [2.75, 3.05) is 0 Å². The Morgan fingerprint density at radius 1 is 1.42 bits per heavy atom. The monoisotopic (exact) mass is 159 g/mol. The average molecular weight is 159 g/mol. The molecule has 0 heterocycles. The predicted molar refractivity (Wildman–Crippen MR) is 51.4 cm³/mol. The van der Waals surface area contributed by atoms with Gasteiger partial charge in [-0.3, -0.25) is 0 Å². The average Bonchev–Trinajstić information content (AvgIpc) is 2.06. The van der Waals surface area contributed by atoms with Crippen LogP contribution in [0.2, 0.25) is 0 Å².